The van der Waals surface area contributed by atoms with Gasteiger partial charge in [-0.3, -0.25) is 0 Å². The molecule has 1 aromatic carbocycles. The zero-order valence-corrected chi connectivity index (χ0v) is 11.7. The maximum Gasteiger partial charge on any atom is 0.506 e. The maximum atomic E-state index is 10.4. The summed E-state index contributed by atoms with van der Waals surface area (Å²) in [5.41, 5.74) is 1.39. The molecular formula is C16H24O3. The zero-order chi connectivity index (χ0) is 13.9. The molecule has 3 heteroatoms. The standard InChI is InChI=1S/C16H24O3/c1-2-15(19-16(17)18)13-9-4-3-6-10-14-11-7-5-8-12-14/h5,7-8,11-12,15H,2-4,6,9-10,13H2,1H3,(H,17,18). The highest BCUT2D eigenvalue weighted by Gasteiger charge is 2.10. The highest BCUT2D eigenvalue weighted by atomic mass is 16.7. The number of benzene rings is 1. The van der Waals surface area contributed by atoms with Crippen LogP contribution in [0, 0.1) is 0 Å². The third kappa shape index (κ3) is 7.50. The van der Waals surface area contributed by atoms with Crippen molar-refractivity contribution in [2.75, 3.05) is 0 Å². The summed E-state index contributed by atoms with van der Waals surface area (Å²) in [7, 11) is 0. The SMILES string of the molecule is CCC(CCCCCCc1ccccc1)OC(=O)O. The molecule has 0 saturated heterocycles. The van der Waals surface area contributed by atoms with E-state index < -0.39 is 6.16 Å². The van der Waals surface area contributed by atoms with Crippen LogP contribution in [-0.4, -0.2) is 17.4 Å². The Balaban J connectivity index is 2.03. The average molecular weight is 264 g/mol. The zero-order valence-electron chi connectivity index (χ0n) is 11.7. The Morgan fingerprint density at radius 3 is 2.47 bits per heavy atom. The number of carbonyl (C=O) groups is 1. The number of unbranched alkanes of at least 4 members (excludes halogenated alkanes) is 3. The molecule has 1 atom stereocenters. The van der Waals surface area contributed by atoms with Gasteiger partial charge in [0.05, 0.1) is 0 Å². The van der Waals surface area contributed by atoms with E-state index in [1.54, 1.807) is 0 Å². The summed E-state index contributed by atoms with van der Waals surface area (Å²) in [4.78, 5) is 10.4. The van der Waals surface area contributed by atoms with Gasteiger partial charge in [0.15, 0.2) is 0 Å². The Kier molecular flexibility index (Phi) is 7.71. The Hall–Kier alpha value is -1.51. The van der Waals surface area contributed by atoms with Crippen molar-refractivity contribution in [3.63, 3.8) is 0 Å². The molecular weight excluding hydrogens is 240 g/mol. The van der Waals surface area contributed by atoms with Crippen molar-refractivity contribution in [3.8, 4) is 0 Å². The summed E-state index contributed by atoms with van der Waals surface area (Å²) in [6, 6.07) is 10.5. The summed E-state index contributed by atoms with van der Waals surface area (Å²) in [5.74, 6) is 0. The lowest BCUT2D eigenvalue weighted by molar-refractivity contribution is 0.0454. The molecule has 1 aromatic rings. The van der Waals surface area contributed by atoms with Gasteiger partial charge in [0.2, 0.25) is 0 Å². The van der Waals surface area contributed by atoms with Gasteiger partial charge in [0.1, 0.15) is 6.10 Å². The maximum absolute atomic E-state index is 10.4. The predicted octanol–water partition coefficient (Wildman–Crippen LogP) is 4.65. The average Bonchev–Trinajstić information content (AvgIpc) is 2.42. The molecule has 1 rings (SSSR count). The molecule has 0 amide bonds. The fraction of sp³-hybridized carbons (Fsp3) is 0.562. The second-order valence-corrected chi connectivity index (χ2v) is 4.85. The molecule has 1 unspecified atom stereocenters. The topological polar surface area (TPSA) is 46.5 Å². The van der Waals surface area contributed by atoms with Gasteiger partial charge >= 0.3 is 6.16 Å². The second-order valence-electron chi connectivity index (χ2n) is 4.85. The van der Waals surface area contributed by atoms with Crippen molar-refractivity contribution < 1.29 is 14.6 Å². The summed E-state index contributed by atoms with van der Waals surface area (Å²) >= 11 is 0. The van der Waals surface area contributed by atoms with Crippen LogP contribution in [0.5, 0.6) is 0 Å². The molecule has 3 nitrogen and oxygen atoms in total. The molecule has 0 aliphatic rings. The first kappa shape index (κ1) is 15.5. The lowest BCUT2D eigenvalue weighted by Crippen LogP contribution is -2.15. The molecule has 0 bridgehead atoms. The minimum Gasteiger partial charge on any atom is -0.450 e. The number of rotatable bonds is 9. The van der Waals surface area contributed by atoms with Gasteiger partial charge in [-0.2, -0.15) is 0 Å². The Morgan fingerprint density at radius 1 is 1.16 bits per heavy atom. The third-order valence-corrected chi connectivity index (χ3v) is 3.31. The molecule has 0 aliphatic heterocycles. The van der Waals surface area contributed by atoms with Crippen molar-refractivity contribution >= 4 is 6.16 Å². The van der Waals surface area contributed by atoms with Crippen LogP contribution in [0.4, 0.5) is 4.79 Å². The lowest BCUT2D eigenvalue weighted by atomic mass is 10.0. The van der Waals surface area contributed by atoms with E-state index in [1.807, 2.05) is 13.0 Å². The fourth-order valence-electron chi connectivity index (χ4n) is 2.19. The molecule has 0 radical (unpaired) electrons. The normalized spacial score (nSPS) is 12.1. The minimum absolute atomic E-state index is 0.133. The minimum atomic E-state index is -1.16. The van der Waals surface area contributed by atoms with E-state index in [4.69, 9.17) is 9.84 Å². The van der Waals surface area contributed by atoms with Gasteiger partial charge < -0.3 is 9.84 Å². The van der Waals surface area contributed by atoms with Crippen molar-refractivity contribution in [2.24, 2.45) is 0 Å². The van der Waals surface area contributed by atoms with Gasteiger partial charge in [-0.05, 0) is 37.7 Å². The van der Waals surface area contributed by atoms with Crippen LogP contribution >= 0.6 is 0 Å². The highest BCUT2D eigenvalue weighted by molar-refractivity contribution is 5.57. The number of hydrogen-bond donors (Lipinski definition) is 1. The quantitative estimate of drug-likeness (QED) is 0.521. The van der Waals surface area contributed by atoms with Crippen LogP contribution in [0.3, 0.4) is 0 Å². The van der Waals surface area contributed by atoms with Gasteiger partial charge in [0, 0.05) is 0 Å². The summed E-state index contributed by atoms with van der Waals surface area (Å²) in [6.07, 6.45) is 6.02. The molecule has 0 aromatic heterocycles. The lowest BCUT2D eigenvalue weighted by Gasteiger charge is -2.13. The van der Waals surface area contributed by atoms with E-state index in [2.05, 4.69) is 24.3 Å². The summed E-state index contributed by atoms with van der Waals surface area (Å²) < 4.78 is 4.79. The van der Waals surface area contributed by atoms with Gasteiger partial charge in [-0.25, -0.2) is 4.79 Å². The van der Waals surface area contributed by atoms with Crippen LogP contribution in [0.1, 0.15) is 51.0 Å². The van der Waals surface area contributed by atoms with Crippen molar-refractivity contribution in [2.45, 2.75) is 58.0 Å². The molecule has 0 spiro atoms. The Labute approximate surface area is 115 Å². The first-order valence-electron chi connectivity index (χ1n) is 7.16. The number of ether oxygens (including phenoxy) is 1. The molecule has 0 saturated carbocycles. The monoisotopic (exact) mass is 264 g/mol. The van der Waals surface area contributed by atoms with Crippen molar-refractivity contribution in [1.29, 1.82) is 0 Å². The van der Waals surface area contributed by atoms with Crippen LogP contribution in [0.2, 0.25) is 0 Å². The first-order chi connectivity index (χ1) is 9.22. The first-order valence-corrected chi connectivity index (χ1v) is 7.16. The van der Waals surface area contributed by atoms with Crippen molar-refractivity contribution in [3.05, 3.63) is 35.9 Å². The molecule has 0 aliphatic carbocycles. The van der Waals surface area contributed by atoms with E-state index in [0.717, 1.165) is 32.1 Å². The summed E-state index contributed by atoms with van der Waals surface area (Å²) in [5, 5.41) is 8.56. The van der Waals surface area contributed by atoms with E-state index in [9.17, 15) is 4.79 Å². The van der Waals surface area contributed by atoms with Crippen LogP contribution < -0.4 is 0 Å². The molecule has 0 heterocycles. The smallest absolute Gasteiger partial charge is 0.450 e. The van der Waals surface area contributed by atoms with Gasteiger partial charge in [-0.1, -0.05) is 50.1 Å². The van der Waals surface area contributed by atoms with E-state index in [0.29, 0.717) is 0 Å². The number of carboxylic acid groups (broad SMARTS) is 1. The Morgan fingerprint density at radius 2 is 1.84 bits per heavy atom. The largest absolute Gasteiger partial charge is 0.506 e. The third-order valence-electron chi connectivity index (χ3n) is 3.31. The van der Waals surface area contributed by atoms with Crippen LogP contribution in [0.25, 0.3) is 0 Å². The van der Waals surface area contributed by atoms with Gasteiger partial charge in [0.25, 0.3) is 0 Å². The number of hydrogen-bond acceptors (Lipinski definition) is 2. The Bertz CT molecular complexity index is 348. The van der Waals surface area contributed by atoms with Crippen LogP contribution in [0.15, 0.2) is 30.3 Å². The molecule has 0 fully saturated rings. The predicted molar refractivity (Wildman–Crippen MR) is 76.4 cm³/mol. The highest BCUT2D eigenvalue weighted by Crippen LogP contribution is 2.13. The molecule has 106 valence electrons. The second kappa shape index (κ2) is 9.42. The molecule has 19 heavy (non-hydrogen) atoms. The van der Waals surface area contributed by atoms with E-state index in [-0.39, 0.29) is 6.10 Å². The molecule has 1 N–H and O–H groups in total. The number of aryl methyl sites for hydroxylation is 1. The summed E-state index contributed by atoms with van der Waals surface area (Å²) in [6.45, 7) is 1.96. The van der Waals surface area contributed by atoms with Gasteiger partial charge in [-0.15, -0.1) is 0 Å². The van der Waals surface area contributed by atoms with Crippen molar-refractivity contribution in [1.82, 2.24) is 0 Å². The van der Waals surface area contributed by atoms with E-state index >= 15 is 0 Å². The fourth-order valence-corrected chi connectivity index (χ4v) is 2.19. The van der Waals surface area contributed by atoms with E-state index in [1.165, 1.54) is 18.4 Å². The van der Waals surface area contributed by atoms with Crippen LogP contribution in [-0.2, 0) is 11.2 Å².